The van der Waals surface area contributed by atoms with Gasteiger partial charge in [-0.05, 0) is 53.8 Å². The molecule has 3 amide bonds. The summed E-state index contributed by atoms with van der Waals surface area (Å²) >= 11 is 1.56. The van der Waals surface area contributed by atoms with E-state index in [1.165, 1.54) is 17.0 Å². The maximum atomic E-state index is 13.3. The first-order valence-corrected chi connectivity index (χ1v) is 11.1. The van der Waals surface area contributed by atoms with Crippen LogP contribution in [0.25, 0.3) is 0 Å². The first kappa shape index (κ1) is 23.2. The van der Waals surface area contributed by atoms with Crippen molar-refractivity contribution in [2.45, 2.75) is 20.0 Å². The van der Waals surface area contributed by atoms with Gasteiger partial charge in [0.05, 0.1) is 6.54 Å². The molecule has 0 aliphatic carbocycles. The number of carbonyl (C=O) groups is 2. The fourth-order valence-electron chi connectivity index (χ4n) is 3.20. The van der Waals surface area contributed by atoms with E-state index in [0.717, 1.165) is 16.0 Å². The maximum absolute atomic E-state index is 13.3. The third kappa shape index (κ3) is 6.78. The molecule has 0 aliphatic heterocycles. The maximum Gasteiger partial charge on any atom is 0.322 e. The zero-order chi connectivity index (χ0) is 22.9. The standard InChI is InChI=1S/C25H26FN3O2S/c1-3-13-28(25(31)27-22-7-4-6-19(2)15-22)18-24(30)29(17-23-8-5-14-32-23)16-20-9-11-21(26)12-10-20/h3-12,14-15H,1,13,16-18H2,2H3,(H,27,31). The van der Waals surface area contributed by atoms with Crippen LogP contribution < -0.4 is 5.32 Å². The summed E-state index contributed by atoms with van der Waals surface area (Å²) in [6.45, 7) is 6.51. The number of amides is 3. The third-order valence-electron chi connectivity index (χ3n) is 4.80. The fraction of sp³-hybridized carbons (Fsp3) is 0.200. The molecule has 1 N–H and O–H groups in total. The van der Waals surface area contributed by atoms with Gasteiger partial charge in [-0.3, -0.25) is 4.79 Å². The van der Waals surface area contributed by atoms with E-state index in [9.17, 15) is 14.0 Å². The molecule has 0 aliphatic rings. The summed E-state index contributed by atoms with van der Waals surface area (Å²) in [5.41, 5.74) is 2.50. The molecule has 0 saturated heterocycles. The second-order valence-corrected chi connectivity index (χ2v) is 8.46. The average molecular weight is 452 g/mol. The van der Waals surface area contributed by atoms with E-state index in [1.807, 2.05) is 42.6 Å². The monoisotopic (exact) mass is 451 g/mol. The van der Waals surface area contributed by atoms with Crippen LogP contribution in [0.3, 0.4) is 0 Å². The van der Waals surface area contributed by atoms with Crippen LogP contribution in [0.15, 0.2) is 78.7 Å². The largest absolute Gasteiger partial charge is 0.332 e. The zero-order valence-corrected chi connectivity index (χ0v) is 18.8. The lowest BCUT2D eigenvalue weighted by atomic mass is 10.2. The highest BCUT2D eigenvalue weighted by atomic mass is 32.1. The third-order valence-corrected chi connectivity index (χ3v) is 5.66. The Morgan fingerprint density at radius 3 is 2.50 bits per heavy atom. The molecule has 3 aromatic rings. The molecule has 7 heteroatoms. The summed E-state index contributed by atoms with van der Waals surface area (Å²) in [6.07, 6.45) is 1.59. The Morgan fingerprint density at radius 2 is 1.84 bits per heavy atom. The lowest BCUT2D eigenvalue weighted by Gasteiger charge is -2.27. The van der Waals surface area contributed by atoms with Gasteiger partial charge in [-0.2, -0.15) is 0 Å². The van der Waals surface area contributed by atoms with E-state index in [4.69, 9.17) is 0 Å². The van der Waals surface area contributed by atoms with Crippen LogP contribution >= 0.6 is 11.3 Å². The highest BCUT2D eigenvalue weighted by molar-refractivity contribution is 7.09. The zero-order valence-electron chi connectivity index (χ0n) is 18.0. The van der Waals surface area contributed by atoms with Gasteiger partial charge in [-0.15, -0.1) is 17.9 Å². The molecule has 1 heterocycles. The van der Waals surface area contributed by atoms with Crippen molar-refractivity contribution < 1.29 is 14.0 Å². The smallest absolute Gasteiger partial charge is 0.322 e. The molecule has 0 unspecified atom stereocenters. The van der Waals surface area contributed by atoms with Gasteiger partial charge >= 0.3 is 6.03 Å². The normalized spacial score (nSPS) is 10.4. The fourth-order valence-corrected chi connectivity index (χ4v) is 3.92. The molecule has 0 bridgehead atoms. The van der Waals surface area contributed by atoms with Gasteiger partial charge in [0.2, 0.25) is 5.91 Å². The Balaban J connectivity index is 1.73. The number of hydrogen-bond acceptors (Lipinski definition) is 3. The van der Waals surface area contributed by atoms with E-state index in [1.54, 1.807) is 40.5 Å². The number of anilines is 1. The number of aryl methyl sites for hydroxylation is 1. The summed E-state index contributed by atoms with van der Waals surface area (Å²) in [5, 5.41) is 4.80. The van der Waals surface area contributed by atoms with Crippen LogP contribution in [0.4, 0.5) is 14.9 Å². The highest BCUT2D eigenvalue weighted by Gasteiger charge is 2.21. The number of benzene rings is 2. The van der Waals surface area contributed by atoms with Crippen molar-refractivity contribution in [1.82, 2.24) is 9.80 Å². The molecule has 3 rings (SSSR count). The van der Waals surface area contributed by atoms with Gasteiger partial charge in [0.15, 0.2) is 0 Å². The predicted molar refractivity (Wildman–Crippen MR) is 127 cm³/mol. The lowest BCUT2D eigenvalue weighted by Crippen LogP contribution is -2.44. The SMILES string of the molecule is C=CCN(CC(=O)N(Cc1ccc(F)cc1)Cc1cccs1)C(=O)Nc1cccc(C)c1. The molecule has 32 heavy (non-hydrogen) atoms. The molecule has 2 aromatic carbocycles. The highest BCUT2D eigenvalue weighted by Crippen LogP contribution is 2.16. The van der Waals surface area contributed by atoms with Crippen LogP contribution in [0.2, 0.25) is 0 Å². The molecule has 0 atom stereocenters. The molecule has 0 spiro atoms. The Bertz CT molecular complexity index is 1050. The van der Waals surface area contributed by atoms with Gasteiger partial charge in [-0.1, -0.05) is 36.4 Å². The number of thiophene rings is 1. The number of carbonyl (C=O) groups excluding carboxylic acids is 2. The van der Waals surface area contributed by atoms with Gasteiger partial charge in [0.1, 0.15) is 12.4 Å². The summed E-state index contributed by atoms with van der Waals surface area (Å²) in [6, 6.07) is 17.1. The summed E-state index contributed by atoms with van der Waals surface area (Å²) in [5.74, 6) is -0.529. The number of nitrogens with zero attached hydrogens (tertiary/aromatic N) is 2. The van der Waals surface area contributed by atoms with Crippen molar-refractivity contribution >= 4 is 29.0 Å². The molecular formula is C25H26FN3O2S. The first-order valence-electron chi connectivity index (χ1n) is 10.2. The molecule has 166 valence electrons. The van der Waals surface area contributed by atoms with Crippen molar-refractivity contribution in [3.8, 4) is 0 Å². The topological polar surface area (TPSA) is 52.7 Å². The summed E-state index contributed by atoms with van der Waals surface area (Å²) < 4.78 is 13.3. The quantitative estimate of drug-likeness (QED) is 0.440. The van der Waals surface area contributed by atoms with Crippen molar-refractivity contribution in [2.75, 3.05) is 18.4 Å². The van der Waals surface area contributed by atoms with Crippen LogP contribution in [-0.2, 0) is 17.9 Å². The van der Waals surface area contributed by atoms with Crippen molar-refractivity contribution in [1.29, 1.82) is 0 Å². The minimum atomic E-state index is -0.373. The van der Waals surface area contributed by atoms with Gasteiger partial charge < -0.3 is 15.1 Å². The Morgan fingerprint density at radius 1 is 1.06 bits per heavy atom. The summed E-state index contributed by atoms with van der Waals surface area (Å²) in [7, 11) is 0. The van der Waals surface area contributed by atoms with Crippen LogP contribution in [0.5, 0.6) is 0 Å². The van der Waals surface area contributed by atoms with E-state index >= 15 is 0 Å². The molecule has 5 nitrogen and oxygen atoms in total. The average Bonchev–Trinajstić information content (AvgIpc) is 3.27. The van der Waals surface area contributed by atoms with Crippen LogP contribution in [0.1, 0.15) is 16.0 Å². The lowest BCUT2D eigenvalue weighted by molar-refractivity contribution is -0.132. The molecule has 0 saturated carbocycles. The van der Waals surface area contributed by atoms with Gasteiger partial charge in [0, 0.05) is 23.7 Å². The molecule has 1 aromatic heterocycles. The van der Waals surface area contributed by atoms with Crippen LogP contribution in [0, 0.1) is 12.7 Å². The Labute approximate surface area is 191 Å². The number of urea groups is 1. The number of rotatable bonds is 9. The van der Waals surface area contributed by atoms with Crippen molar-refractivity contribution in [2.24, 2.45) is 0 Å². The predicted octanol–water partition coefficient (Wildman–Crippen LogP) is 5.44. The van der Waals surface area contributed by atoms with Gasteiger partial charge in [-0.25, -0.2) is 9.18 Å². The number of nitrogens with one attached hydrogen (secondary N) is 1. The Hall–Kier alpha value is -3.45. The summed E-state index contributed by atoms with van der Waals surface area (Å²) in [4.78, 5) is 30.2. The molecular weight excluding hydrogens is 425 g/mol. The van der Waals surface area contributed by atoms with E-state index < -0.39 is 0 Å². The van der Waals surface area contributed by atoms with E-state index in [-0.39, 0.29) is 30.8 Å². The van der Waals surface area contributed by atoms with E-state index in [2.05, 4.69) is 11.9 Å². The number of halogens is 1. The minimum Gasteiger partial charge on any atom is -0.332 e. The second-order valence-electron chi connectivity index (χ2n) is 7.42. The Kier molecular flexibility index (Phi) is 8.16. The van der Waals surface area contributed by atoms with Gasteiger partial charge in [0.25, 0.3) is 0 Å². The molecule has 0 fully saturated rings. The van der Waals surface area contributed by atoms with Crippen molar-refractivity contribution in [3.63, 3.8) is 0 Å². The van der Waals surface area contributed by atoms with Crippen molar-refractivity contribution in [3.05, 3.63) is 101 Å². The molecule has 0 radical (unpaired) electrons. The number of hydrogen-bond donors (Lipinski definition) is 1. The van der Waals surface area contributed by atoms with Crippen LogP contribution in [-0.4, -0.2) is 34.8 Å². The van der Waals surface area contributed by atoms with E-state index in [0.29, 0.717) is 18.8 Å². The second kappa shape index (κ2) is 11.2. The first-order chi connectivity index (χ1) is 15.4. The minimum absolute atomic E-state index is 0.101.